The van der Waals surface area contributed by atoms with Crippen molar-refractivity contribution < 1.29 is 9.18 Å². The number of rotatable bonds is 4. The average molecular weight is 388 g/mol. The lowest BCUT2D eigenvalue weighted by molar-refractivity contribution is -0.113. The van der Waals surface area contributed by atoms with Gasteiger partial charge in [-0.25, -0.2) is 14.4 Å². The number of nitrogens with zero attached hydrogens (tertiary/aromatic N) is 2. The van der Waals surface area contributed by atoms with Gasteiger partial charge in [0.2, 0.25) is 5.91 Å². The van der Waals surface area contributed by atoms with Crippen LogP contribution in [0.25, 0.3) is 10.2 Å². The minimum atomic E-state index is -0.434. The van der Waals surface area contributed by atoms with Crippen molar-refractivity contribution in [2.24, 2.45) is 5.92 Å². The zero-order valence-electron chi connectivity index (χ0n) is 14.3. The van der Waals surface area contributed by atoms with Gasteiger partial charge in [-0.15, -0.1) is 11.3 Å². The number of fused-ring (bicyclic) bond motifs is 3. The standard InChI is InChI=1S/C19H18FN3OS2/c1-11-6-7-12-15(8-11)26-19-17(12)18(21-10-22-19)25-9-16(24)23-14-5-3-2-4-13(14)20/h2-5,10-11H,6-9H2,1H3,(H,23,24)/t11-/m1/s1. The summed E-state index contributed by atoms with van der Waals surface area (Å²) < 4.78 is 13.7. The van der Waals surface area contributed by atoms with Crippen LogP contribution in [0.15, 0.2) is 35.6 Å². The summed E-state index contributed by atoms with van der Waals surface area (Å²) in [7, 11) is 0. The molecule has 2 aromatic heterocycles. The van der Waals surface area contributed by atoms with Crippen molar-refractivity contribution in [3.8, 4) is 0 Å². The number of carbonyl (C=O) groups is 1. The van der Waals surface area contributed by atoms with Crippen LogP contribution < -0.4 is 5.32 Å². The minimum absolute atomic E-state index is 0.182. The number of para-hydroxylation sites is 1. The fraction of sp³-hybridized carbons (Fsp3) is 0.316. The second-order valence-electron chi connectivity index (χ2n) is 6.53. The van der Waals surface area contributed by atoms with Crippen molar-refractivity contribution in [2.45, 2.75) is 31.2 Å². The van der Waals surface area contributed by atoms with Crippen LogP contribution in [0.1, 0.15) is 23.8 Å². The second-order valence-corrected chi connectivity index (χ2v) is 8.58. The molecule has 0 saturated heterocycles. The number of anilines is 1. The molecule has 1 N–H and O–H groups in total. The van der Waals surface area contributed by atoms with Gasteiger partial charge in [-0.3, -0.25) is 4.79 Å². The quantitative estimate of drug-likeness (QED) is 0.521. The van der Waals surface area contributed by atoms with E-state index in [1.807, 2.05) is 0 Å². The van der Waals surface area contributed by atoms with E-state index < -0.39 is 5.82 Å². The maximum absolute atomic E-state index is 13.7. The molecule has 0 saturated carbocycles. The van der Waals surface area contributed by atoms with Crippen molar-refractivity contribution in [1.29, 1.82) is 0 Å². The number of hydrogen-bond donors (Lipinski definition) is 1. The largest absolute Gasteiger partial charge is 0.323 e. The fourth-order valence-corrected chi connectivity index (χ4v) is 5.48. The molecule has 0 spiro atoms. The predicted molar refractivity (Wildman–Crippen MR) is 104 cm³/mol. The van der Waals surface area contributed by atoms with Gasteiger partial charge in [-0.1, -0.05) is 30.8 Å². The highest BCUT2D eigenvalue weighted by atomic mass is 32.2. The molecule has 1 amide bonds. The molecular weight excluding hydrogens is 369 g/mol. The number of aromatic nitrogens is 2. The van der Waals surface area contributed by atoms with E-state index >= 15 is 0 Å². The second kappa shape index (κ2) is 7.32. The third kappa shape index (κ3) is 3.46. The van der Waals surface area contributed by atoms with Crippen LogP contribution in [-0.2, 0) is 17.6 Å². The lowest BCUT2D eigenvalue weighted by Crippen LogP contribution is -2.15. The van der Waals surface area contributed by atoms with E-state index in [4.69, 9.17) is 0 Å². The number of nitrogens with one attached hydrogen (secondary N) is 1. The SMILES string of the molecule is C[C@@H]1CCc2c(sc3ncnc(SCC(=O)Nc4ccccc4F)c23)C1. The van der Waals surface area contributed by atoms with E-state index in [2.05, 4.69) is 22.2 Å². The van der Waals surface area contributed by atoms with Gasteiger partial charge < -0.3 is 5.32 Å². The molecule has 0 unspecified atom stereocenters. The first kappa shape index (κ1) is 17.4. The Morgan fingerprint density at radius 2 is 2.23 bits per heavy atom. The Hall–Kier alpha value is -1.99. The monoisotopic (exact) mass is 387 g/mol. The van der Waals surface area contributed by atoms with Gasteiger partial charge in [0.15, 0.2) is 0 Å². The summed E-state index contributed by atoms with van der Waals surface area (Å²) in [4.78, 5) is 23.4. The maximum atomic E-state index is 13.7. The van der Waals surface area contributed by atoms with E-state index in [1.54, 1.807) is 35.9 Å². The van der Waals surface area contributed by atoms with E-state index in [-0.39, 0.29) is 17.3 Å². The normalized spacial score (nSPS) is 16.5. The van der Waals surface area contributed by atoms with Crippen LogP contribution in [0.4, 0.5) is 10.1 Å². The van der Waals surface area contributed by atoms with E-state index in [1.165, 1.54) is 34.7 Å². The molecule has 2 heterocycles. The van der Waals surface area contributed by atoms with Gasteiger partial charge >= 0.3 is 0 Å². The summed E-state index contributed by atoms with van der Waals surface area (Å²) in [6, 6.07) is 6.17. The molecule has 26 heavy (non-hydrogen) atoms. The maximum Gasteiger partial charge on any atom is 0.234 e. The Morgan fingerprint density at radius 3 is 3.08 bits per heavy atom. The molecule has 3 aromatic rings. The lowest BCUT2D eigenvalue weighted by Gasteiger charge is -2.18. The molecule has 134 valence electrons. The summed E-state index contributed by atoms with van der Waals surface area (Å²) >= 11 is 3.12. The molecule has 0 aliphatic heterocycles. The van der Waals surface area contributed by atoms with E-state index in [0.29, 0.717) is 5.92 Å². The molecule has 1 aromatic carbocycles. The van der Waals surface area contributed by atoms with Crippen molar-refractivity contribution in [3.05, 3.63) is 46.9 Å². The highest BCUT2D eigenvalue weighted by Gasteiger charge is 2.23. The number of benzene rings is 1. The van der Waals surface area contributed by atoms with Gasteiger partial charge in [-0.2, -0.15) is 0 Å². The molecule has 4 nitrogen and oxygen atoms in total. The zero-order valence-corrected chi connectivity index (χ0v) is 15.9. The van der Waals surface area contributed by atoms with Crippen molar-refractivity contribution in [2.75, 3.05) is 11.1 Å². The Labute approximate surface area is 159 Å². The number of thiophene rings is 1. The van der Waals surface area contributed by atoms with Gasteiger partial charge in [-0.05, 0) is 42.9 Å². The molecule has 0 radical (unpaired) electrons. The van der Waals surface area contributed by atoms with Crippen LogP contribution in [-0.4, -0.2) is 21.6 Å². The van der Waals surface area contributed by atoms with Gasteiger partial charge in [0.1, 0.15) is 22.0 Å². The molecule has 1 atom stereocenters. The third-order valence-corrected chi connectivity index (χ3v) is 6.70. The van der Waals surface area contributed by atoms with Crippen LogP contribution in [0.5, 0.6) is 0 Å². The number of halogens is 1. The fourth-order valence-electron chi connectivity index (χ4n) is 3.24. The van der Waals surface area contributed by atoms with E-state index in [9.17, 15) is 9.18 Å². The molecule has 4 rings (SSSR count). The third-order valence-electron chi connectivity index (χ3n) is 4.54. The Kier molecular flexibility index (Phi) is 4.91. The van der Waals surface area contributed by atoms with Crippen LogP contribution in [0.2, 0.25) is 0 Å². The Morgan fingerprint density at radius 1 is 1.38 bits per heavy atom. The summed E-state index contributed by atoms with van der Waals surface area (Å²) in [6.07, 6.45) is 4.86. The number of hydrogen-bond acceptors (Lipinski definition) is 5. The predicted octanol–water partition coefficient (Wildman–Crippen LogP) is 4.69. The highest BCUT2D eigenvalue weighted by molar-refractivity contribution is 8.00. The molecule has 1 aliphatic carbocycles. The molecule has 0 bridgehead atoms. The van der Waals surface area contributed by atoms with Gasteiger partial charge in [0.25, 0.3) is 0 Å². The first-order valence-corrected chi connectivity index (χ1v) is 10.3. The Bertz CT molecular complexity index is 973. The van der Waals surface area contributed by atoms with Crippen LogP contribution >= 0.6 is 23.1 Å². The summed E-state index contributed by atoms with van der Waals surface area (Å²) in [6.45, 7) is 2.28. The Balaban J connectivity index is 1.52. The summed E-state index contributed by atoms with van der Waals surface area (Å²) in [5.41, 5.74) is 1.55. The zero-order chi connectivity index (χ0) is 18.1. The van der Waals surface area contributed by atoms with Crippen LogP contribution in [0, 0.1) is 11.7 Å². The van der Waals surface area contributed by atoms with Crippen molar-refractivity contribution >= 4 is 44.9 Å². The lowest BCUT2D eigenvalue weighted by atomic mass is 9.89. The number of thioether (sulfide) groups is 1. The first-order valence-electron chi connectivity index (χ1n) is 8.54. The summed E-state index contributed by atoms with van der Waals surface area (Å²) in [5, 5.41) is 4.55. The first-order chi connectivity index (χ1) is 12.6. The highest BCUT2D eigenvalue weighted by Crippen LogP contribution is 2.40. The number of aryl methyl sites for hydroxylation is 1. The molecular formula is C19H18FN3OS2. The van der Waals surface area contributed by atoms with Gasteiger partial charge in [0, 0.05) is 10.3 Å². The molecule has 7 heteroatoms. The molecule has 0 fully saturated rings. The molecule has 1 aliphatic rings. The van der Waals surface area contributed by atoms with Crippen molar-refractivity contribution in [3.63, 3.8) is 0 Å². The number of amides is 1. The number of carbonyl (C=O) groups excluding carboxylic acids is 1. The van der Waals surface area contributed by atoms with Crippen LogP contribution in [0.3, 0.4) is 0 Å². The topological polar surface area (TPSA) is 54.9 Å². The van der Waals surface area contributed by atoms with Crippen molar-refractivity contribution in [1.82, 2.24) is 9.97 Å². The minimum Gasteiger partial charge on any atom is -0.323 e. The van der Waals surface area contributed by atoms with E-state index in [0.717, 1.165) is 28.1 Å². The average Bonchev–Trinajstić information content (AvgIpc) is 3.00. The summed E-state index contributed by atoms with van der Waals surface area (Å²) in [5.74, 6) is 0.202. The smallest absolute Gasteiger partial charge is 0.234 e. The van der Waals surface area contributed by atoms with Gasteiger partial charge in [0.05, 0.1) is 11.4 Å².